The normalized spacial score (nSPS) is 9.80. The molecule has 0 heterocycles. The molecule has 1 aromatic carbocycles. The van der Waals surface area contributed by atoms with Gasteiger partial charge in [0.05, 0.1) is 19.8 Å². The van der Waals surface area contributed by atoms with Gasteiger partial charge in [-0.05, 0) is 18.2 Å². The molecule has 0 unspecified atom stereocenters. The van der Waals surface area contributed by atoms with Gasteiger partial charge in [0, 0.05) is 12.3 Å². The fourth-order valence-electron chi connectivity index (χ4n) is 1.25. The van der Waals surface area contributed by atoms with E-state index >= 15 is 0 Å². The number of hydrogen-bond donors (Lipinski definition) is 0. The van der Waals surface area contributed by atoms with E-state index in [9.17, 15) is 4.79 Å². The van der Waals surface area contributed by atoms with Crippen molar-refractivity contribution in [2.24, 2.45) is 0 Å². The Labute approximate surface area is 93.9 Å². The summed E-state index contributed by atoms with van der Waals surface area (Å²) in [5.41, 5.74) is 0.512. The van der Waals surface area contributed by atoms with Crippen LogP contribution < -0.4 is 9.47 Å². The first-order valence-corrected chi connectivity index (χ1v) is 5.07. The molecule has 0 N–H and O–H groups in total. The number of methoxy groups -OCH3 is 2. The van der Waals surface area contributed by atoms with Gasteiger partial charge in [-0.15, -0.1) is 11.6 Å². The van der Waals surface area contributed by atoms with Gasteiger partial charge in [0.2, 0.25) is 0 Å². The maximum atomic E-state index is 11.7. The van der Waals surface area contributed by atoms with E-state index in [1.807, 2.05) is 0 Å². The van der Waals surface area contributed by atoms with Crippen LogP contribution in [0.3, 0.4) is 0 Å². The summed E-state index contributed by atoms with van der Waals surface area (Å²) in [7, 11) is 3.08. The summed E-state index contributed by atoms with van der Waals surface area (Å²) in [6.07, 6.45) is 0.297. The highest BCUT2D eigenvalue weighted by molar-refractivity contribution is 6.19. The number of hydrogen-bond acceptors (Lipinski definition) is 3. The van der Waals surface area contributed by atoms with Gasteiger partial charge >= 0.3 is 0 Å². The minimum Gasteiger partial charge on any atom is -0.497 e. The second-order valence-electron chi connectivity index (χ2n) is 2.93. The molecular weight excluding hydrogens is 216 g/mol. The van der Waals surface area contributed by atoms with Crippen LogP contribution in [0.4, 0.5) is 0 Å². The number of benzene rings is 1. The monoisotopic (exact) mass is 228 g/mol. The van der Waals surface area contributed by atoms with E-state index in [2.05, 4.69) is 0 Å². The largest absolute Gasteiger partial charge is 0.497 e. The van der Waals surface area contributed by atoms with Gasteiger partial charge < -0.3 is 9.47 Å². The summed E-state index contributed by atoms with van der Waals surface area (Å²) in [6.45, 7) is 0. The number of halogens is 1. The number of alkyl halides is 1. The van der Waals surface area contributed by atoms with Gasteiger partial charge in [-0.1, -0.05) is 0 Å². The topological polar surface area (TPSA) is 35.5 Å². The van der Waals surface area contributed by atoms with E-state index in [1.54, 1.807) is 25.3 Å². The molecule has 1 rings (SSSR count). The summed E-state index contributed by atoms with van der Waals surface area (Å²) in [5, 5.41) is 0. The molecule has 0 aliphatic heterocycles. The standard InChI is InChI=1S/C11H13ClO3/c1-14-8-3-4-11(15-2)9(7-8)10(13)5-6-12/h3-4,7H,5-6H2,1-2H3. The van der Waals surface area contributed by atoms with Crippen LogP contribution >= 0.6 is 11.6 Å². The van der Waals surface area contributed by atoms with Crippen LogP contribution in [0.5, 0.6) is 11.5 Å². The van der Waals surface area contributed by atoms with Crippen molar-refractivity contribution in [2.45, 2.75) is 6.42 Å². The Morgan fingerprint density at radius 1 is 1.33 bits per heavy atom. The summed E-state index contributed by atoms with van der Waals surface area (Å²) in [4.78, 5) is 11.7. The van der Waals surface area contributed by atoms with Gasteiger partial charge in [0.1, 0.15) is 11.5 Å². The van der Waals surface area contributed by atoms with Crippen LogP contribution in [0.15, 0.2) is 18.2 Å². The number of ether oxygens (including phenoxy) is 2. The average Bonchev–Trinajstić information content (AvgIpc) is 2.28. The van der Waals surface area contributed by atoms with Crippen molar-refractivity contribution in [1.82, 2.24) is 0 Å². The Hall–Kier alpha value is -1.22. The zero-order valence-corrected chi connectivity index (χ0v) is 9.50. The van der Waals surface area contributed by atoms with E-state index in [0.717, 1.165) is 0 Å². The fourth-order valence-corrected chi connectivity index (χ4v) is 1.42. The number of carbonyl (C=O) groups excluding carboxylic acids is 1. The second kappa shape index (κ2) is 5.61. The zero-order chi connectivity index (χ0) is 11.3. The number of ketones is 1. The number of Topliss-reactive ketones (excluding diaryl/α,β-unsaturated/α-hetero) is 1. The Morgan fingerprint density at radius 3 is 2.60 bits per heavy atom. The molecule has 15 heavy (non-hydrogen) atoms. The molecule has 0 fully saturated rings. The first kappa shape index (κ1) is 11.9. The highest BCUT2D eigenvalue weighted by Gasteiger charge is 2.12. The molecule has 0 aliphatic rings. The SMILES string of the molecule is COc1ccc(OC)c(C(=O)CCCl)c1. The molecule has 0 amide bonds. The molecule has 0 saturated heterocycles. The van der Waals surface area contributed by atoms with Gasteiger partial charge in [-0.3, -0.25) is 4.79 Å². The third-order valence-corrected chi connectivity index (χ3v) is 2.22. The third-order valence-electron chi connectivity index (χ3n) is 2.03. The lowest BCUT2D eigenvalue weighted by molar-refractivity contribution is 0.0986. The summed E-state index contributed by atoms with van der Waals surface area (Å²) >= 11 is 5.52. The molecule has 0 aromatic heterocycles. The zero-order valence-electron chi connectivity index (χ0n) is 8.75. The molecule has 82 valence electrons. The van der Waals surface area contributed by atoms with Crippen molar-refractivity contribution in [3.05, 3.63) is 23.8 Å². The molecule has 0 atom stereocenters. The summed E-state index contributed by atoms with van der Waals surface area (Å²) in [6, 6.07) is 5.12. The lowest BCUT2D eigenvalue weighted by Crippen LogP contribution is -2.03. The third kappa shape index (κ3) is 2.86. The average molecular weight is 229 g/mol. The Kier molecular flexibility index (Phi) is 4.43. The minimum atomic E-state index is -0.0410. The smallest absolute Gasteiger partial charge is 0.167 e. The van der Waals surface area contributed by atoms with Crippen LogP contribution in [-0.2, 0) is 0 Å². The van der Waals surface area contributed by atoms with Crippen LogP contribution in [-0.4, -0.2) is 25.9 Å². The quantitative estimate of drug-likeness (QED) is 0.574. The fraction of sp³-hybridized carbons (Fsp3) is 0.364. The van der Waals surface area contributed by atoms with E-state index < -0.39 is 0 Å². The van der Waals surface area contributed by atoms with Crippen LogP contribution in [0.1, 0.15) is 16.8 Å². The Bertz CT molecular complexity index is 350. The van der Waals surface area contributed by atoms with Crippen molar-refractivity contribution in [3.63, 3.8) is 0 Å². The highest BCUT2D eigenvalue weighted by Crippen LogP contribution is 2.25. The molecule has 0 spiro atoms. The van der Waals surface area contributed by atoms with Gasteiger partial charge in [-0.2, -0.15) is 0 Å². The van der Waals surface area contributed by atoms with Gasteiger partial charge in [-0.25, -0.2) is 0 Å². The van der Waals surface area contributed by atoms with Crippen molar-refractivity contribution in [2.75, 3.05) is 20.1 Å². The molecule has 0 radical (unpaired) electrons. The summed E-state index contributed by atoms with van der Waals surface area (Å²) < 4.78 is 10.1. The molecule has 0 bridgehead atoms. The predicted molar refractivity (Wildman–Crippen MR) is 59.2 cm³/mol. The maximum absolute atomic E-state index is 11.7. The molecule has 3 nitrogen and oxygen atoms in total. The van der Waals surface area contributed by atoms with E-state index in [0.29, 0.717) is 29.4 Å². The highest BCUT2D eigenvalue weighted by atomic mass is 35.5. The van der Waals surface area contributed by atoms with E-state index in [1.165, 1.54) is 7.11 Å². The van der Waals surface area contributed by atoms with Crippen molar-refractivity contribution in [3.8, 4) is 11.5 Å². The van der Waals surface area contributed by atoms with Crippen molar-refractivity contribution >= 4 is 17.4 Å². The van der Waals surface area contributed by atoms with Crippen molar-refractivity contribution in [1.29, 1.82) is 0 Å². The lowest BCUT2D eigenvalue weighted by atomic mass is 10.1. The van der Waals surface area contributed by atoms with E-state index in [4.69, 9.17) is 21.1 Å². The van der Waals surface area contributed by atoms with Crippen LogP contribution in [0.25, 0.3) is 0 Å². The molecule has 4 heteroatoms. The predicted octanol–water partition coefficient (Wildman–Crippen LogP) is 2.52. The Balaban J connectivity index is 3.05. The first-order chi connectivity index (χ1) is 7.22. The first-order valence-electron chi connectivity index (χ1n) is 4.54. The van der Waals surface area contributed by atoms with Gasteiger partial charge in [0.25, 0.3) is 0 Å². The number of carbonyl (C=O) groups is 1. The molecule has 1 aromatic rings. The molecular formula is C11H13ClO3. The summed E-state index contributed by atoms with van der Waals surface area (Å²) in [5.74, 6) is 1.44. The molecule has 0 saturated carbocycles. The minimum absolute atomic E-state index is 0.0410. The van der Waals surface area contributed by atoms with Crippen LogP contribution in [0.2, 0.25) is 0 Å². The lowest BCUT2D eigenvalue weighted by Gasteiger charge is -2.08. The Morgan fingerprint density at radius 2 is 2.07 bits per heavy atom. The van der Waals surface area contributed by atoms with Crippen molar-refractivity contribution < 1.29 is 14.3 Å². The van der Waals surface area contributed by atoms with E-state index in [-0.39, 0.29) is 5.78 Å². The second-order valence-corrected chi connectivity index (χ2v) is 3.31. The van der Waals surface area contributed by atoms with Gasteiger partial charge in [0.15, 0.2) is 5.78 Å². The molecule has 0 aliphatic carbocycles. The van der Waals surface area contributed by atoms with Crippen LogP contribution in [0, 0.1) is 0 Å². The number of rotatable bonds is 5. The maximum Gasteiger partial charge on any atom is 0.167 e.